The summed E-state index contributed by atoms with van der Waals surface area (Å²) in [5.74, 6) is -0.0793. The average molecular weight is 604 g/mol. The van der Waals surface area contributed by atoms with Gasteiger partial charge in [0.1, 0.15) is 11.5 Å². The van der Waals surface area contributed by atoms with Crippen molar-refractivity contribution in [2.75, 3.05) is 31.3 Å². The van der Waals surface area contributed by atoms with E-state index in [1.165, 1.54) is 0 Å². The second kappa shape index (κ2) is 16.3. The van der Waals surface area contributed by atoms with Gasteiger partial charge in [0, 0.05) is 62.6 Å². The van der Waals surface area contributed by atoms with E-state index in [1.807, 2.05) is 80.9 Å². The predicted octanol–water partition coefficient (Wildman–Crippen LogP) is 5.19. The van der Waals surface area contributed by atoms with Crippen LogP contribution >= 0.6 is 0 Å². The van der Waals surface area contributed by atoms with Crippen molar-refractivity contribution in [3.63, 3.8) is 0 Å². The highest BCUT2D eigenvalue weighted by molar-refractivity contribution is 6.01. The number of anilines is 1. The van der Waals surface area contributed by atoms with Crippen molar-refractivity contribution in [1.29, 1.82) is 0 Å². The number of ketones is 1. The van der Waals surface area contributed by atoms with Crippen molar-refractivity contribution in [3.8, 4) is 22.5 Å². The summed E-state index contributed by atoms with van der Waals surface area (Å²) >= 11 is 0. The summed E-state index contributed by atoms with van der Waals surface area (Å²) in [6.45, 7) is 10.7. The lowest BCUT2D eigenvalue weighted by atomic mass is 9.95. The Bertz CT molecular complexity index is 1420. The summed E-state index contributed by atoms with van der Waals surface area (Å²) < 4.78 is 13.2. The van der Waals surface area contributed by atoms with Gasteiger partial charge in [-0.15, -0.1) is 5.10 Å². The Hall–Kier alpha value is -3.89. The van der Waals surface area contributed by atoms with Gasteiger partial charge in [-0.2, -0.15) is 0 Å². The first-order chi connectivity index (χ1) is 21.3. The molecule has 10 nitrogen and oxygen atoms in total. The maximum absolute atomic E-state index is 13.7. The maximum atomic E-state index is 13.7. The SMILES string of the molecule is CC(C)OCCCn1nnc2c1-c1ccccc1CN(C(=O)CCC(=O)NCCOCCCC(=O)C(C)C)c1ccccc1-2. The molecule has 2 aromatic carbocycles. The highest BCUT2D eigenvalue weighted by Gasteiger charge is 2.29. The molecule has 4 rings (SSSR count). The number of Topliss-reactive ketones (excluding diaryl/α,β-unsaturated/α-hetero) is 1. The zero-order valence-corrected chi connectivity index (χ0v) is 26.4. The number of aromatic nitrogens is 3. The Morgan fingerprint density at radius 1 is 0.886 bits per heavy atom. The van der Waals surface area contributed by atoms with Gasteiger partial charge in [-0.1, -0.05) is 61.5 Å². The largest absolute Gasteiger partial charge is 0.380 e. The lowest BCUT2D eigenvalue weighted by Crippen LogP contribution is -2.33. The van der Waals surface area contributed by atoms with Crippen molar-refractivity contribution in [1.82, 2.24) is 20.3 Å². The van der Waals surface area contributed by atoms with Crippen molar-refractivity contribution >= 4 is 23.3 Å². The topological polar surface area (TPSA) is 116 Å². The standard InChI is InChI=1S/C34H45N5O5/c1-24(2)30(40)15-9-20-43-22-18-35-31(41)16-17-32(42)38-23-26-11-5-6-12-27(26)34-33(28-13-7-8-14-29(28)38)36-37-39(34)19-10-21-44-25(3)4/h5-8,11-14,24-25H,9-10,15-23H2,1-4H3,(H,35,41). The fourth-order valence-electron chi connectivity index (χ4n) is 5.17. The van der Waals surface area contributed by atoms with Gasteiger partial charge in [-0.25, -0.2) is 4.68 Å². The van der Waals surface area contributed by atoms with Crippen LogP contribution in [0, 0.1) is 5.92 Å². The lowest BCUT2D eigenvalue weighted by molar-refractivity contribution is -0.125. The number of aryl methyl sites for hydroxylation is 1. The Labute approximate surface area is 260 Å². The zero-order valence-electron chi connectivity index (χ0n) is 26.4. The molecule has 2 heterocycles. The molecule has 0 atom stereocenters. The van der Waals surface area contributed by atoms with E-state index in [9.17, 15) is 14.4 Å². The Balaban J connectivity index is 1.41. The van der Waals surface area contributed by atoms with Crippen LogP contribution in [0.2, 0.25) is 0 Å². The van der Waals surface area contributed by atoms with E-state index < -0.39 is 0 Å². The summed E-state index contributed by atoms with van der Waals surface area (Å²) in [6, 6.07) is 15.8. The van der Waals surface area contributed by atoms with E-state index >= 15 is 0 Å². The number of benzene rings is 2. The summed E-state index contributed by atoms with van der Waals surface area (Å²) in [6.07, 6.45) is 2.29. The van der Waals surface area contributed by atoms with Gasteiger partial charge in [0.15, 0.2) is 0 Å². The molecule has 0 fully saturated rings. The summed E-state index contributed by atoms with van der Waals surface area (Å²) in [4.78, 5) is 39.7. The first-order valence-corrected chi connectivity index (χ1v) is 15.7. The quantitative estimate of drug-likeness (QED) is 0.224. The van der Waals surface area contributed by atoms with Gasteiger partial charge in [0.05, 0.1) is 30.6 Å². The van der Waals surface area contributed by atoms with Crippen LogP contribution in [0.4, 0.5) is 5.69 Å². The average Bonchev–Trinajstić information content (AvgIpc) is 3.42. The minimum atomic E-state index is -0.204. The monoisotopic (exact) mass is 603 g/mol. The van der Waals surface area contributed by atoms with E-state index in [2.05, 4.69) is 15.6 Å². The first-order valence-electron chi connectivity index (χ1n) is 15.7. The van der Waals surface area contributed by atoms with Gasteiger partial charge in [0.25, 0.3) is 0 Å². The number of hydrogen-bond donors (Lipinski definition) is 1. The van der Waals surface area contributed by atoms with Crippen LogP contribution in [-0.4, -0.2) is 65.1 Å². The third-order valence-electron chi connectivity index (χ3n) is 7.54. The molecule has 1 N–H and O–H groups in total. The second-order valence-electron chi connectivity index (χ2n) is 11.6. The highest BCUT2D eigenvalue weighted by atomic mass is 16.5. The van der Waals surface area contributed by atoms with Crippen LogP contribution < -0.4 is 10.2 Å². The van der Waals surface area contributed by atoms with E-state index in [0.29, 0.717) is 52.3 Å². The Morgan fingerprint density at radius 2 is 1.64 bits per heavy atom. The molecule has 0 saturated heterocycles. The number of nitrogens with zero attached hydrogens (tertiary/aromatic N) is 4. The molecule has 10 heteroatoms. The maximum Gasteiger partial charge on any atom is 0.227 e. The highest BCUT2D eigenvalue weighted by Crippen LogP contribution is 2.41. The van der Waals surface area contributed by atoms with Gasteiger partial charge >= 0.3 is 0 Å². The fourth-order valence-corrected chi connectivity index (χ4v) is 5.17. The molecular weight excluding hydrogens is 558 g/mol. The van der Waals surface area contributed by atoms with Crippen LogP contribution in [0.1, 0.15) is 65.4 Å². The van der Waals surface area contributed by atoms with E-state index in [1.54, 1.807) is 4.90 Å². The zero-order chi connectivity index (χ0) is 31.5. The summed E-state index contributed by atoms with van der Waals surface area (Å²) in [7, 11) is 0. The predicted molar refractivity (Wildman–Crippen MR) is 170 cm³/mol. The normalized spacial score (nSPS) is 12.4. The smallest absolute Gasteiger partial charge is 0.227 e. The molecule has 44 heavy (non-hydrogen) atoms. The summed E-state index contributed by atoms with van der Waals surface area (Å²) in [5.41, 5.74) is 5.19. The van der Waals surface area contributed by atoms with Gasteiger partial charge in [0.2, 0.25) is 11.8 Å². The second-order valence-corrected chi connectivity index (χ2v) is 11.6. The molecule has 1 aliphatic rings. The molecular formula is C34H45N5O5. The molecule has 236 valence electrons. The third kappa shape index (κ3) is 8.83. The van der Waals surface area contributed by atoms with Gasteiger partial charge < -0.3 is 19.7 Å². The van der Waals surface area contributed by atoms with Crippen LogP contribution in [-0.2, 0) is 36.9 Å². The van der Waals surface area contributed by atoms with E-state index in [4.69, 9.17) is 9.47 Å². The van der Waals surface area contributed by atoms with Crippen LogP contribution in [0.5, 0.6) is 0 Å². The molecule has 0 spiro atoms. The van der Waals surface area contributed by atoms with Gasteiger partial charge in [-0.3, -0.25) is 14.4 Å². The molecule has 1 aliphatic heterocycles. The molecule has 0 aliphatic carbocycles. The minimum Gasteiger partial charge on any atom is -0.380 e. The number of para-hydroxylation sites is 1. The third-order valence-corrected chi connectivity index (χ3v) is 7.54. The summed E-state index contributed by atoms with van der Waals surface area (Å²) in [5, 5.41) is 11.9. The molecule has 0 saturated carbocycles. The van der Waals surface area contributed by atoms with E-state index in [-0.39, 0.29) is 42.5 Å². The lowest BCUT2D eigenvalue weighted by Gasteiger charge is -2.28. The molecule has 3 aromatic rings. The number of carbonyl (C=O) groups excluding carboxylic acids is 3. The number of carbonyl (C=O) groups is 3. The minimum absolute atomic E-state index is 0.0392. The Morgan fingerprint density at radius 3 is 2.41 bits per heavy atom. The number of rotatable bonds is 16. The van der Waals surface area contributed by atoms with E-state index in [0.717, 1.165) is 40.2 Å². The molecule has 1 aromatic heterocycles. The number of ether oxygens (including phenoxy) is 2. The van der Waals surface area contributed by atoms with Crippen molar-refractivity contribution < 1.29 is 23.9 Å². The Kier molecular flexibility index (Phi) is 12.2. The van der Waals surface area contributed by atoms with Gasteiger partial charge in [-0.05, 0) is 38.3 Å². The van der Waals surface area contributed by atoms with Crippen molar-refractivity contribution in [3.05, 3.63) is 54.1 Å². The molecule has 2 amide bonds. The number of amides is 2. The van der Waals surface area contributed by atoms with Crippen molar-refractivity contribution in [2.45, 2.75) is 79.0 Å². The molecule has 0 radical (unpaired) electrons. The number of hydrogen-bond acceptors (Lipinski definition) is 7. The molecule has 0 bridgehead atoms. The van der Waals surface area contributed by atoms with Crippen LogP contribution in [0.3, 0.4) is 0 Å². The first kappa shape index (κ1) is 33.0. The fraction of sp³-hybridized carbons (Fsp3) is 0.500. The van der Waals surface area contributed by atoms with Crippen LogP contribution in [0.15, 0.2) is 48.5 Å². The number of fused-ring (bicyclic) bond motifs is 5. The van der Waals surface area contributed by atoms with Crippen molar-refractivity contribution in [2.24, 2.45) is 5.92 Å². The van der Waals surface area contributed by atoms with Crippen LogP contribution in [0.25, 0.3) is 22.5 Å². The number of nitrogens with one attached hydrogen (secondary N) is 1. The molecule has 0 unspecified atom stereocenters.